The second kappa shape index (κ2) is 10.0. The van der Waals surface area contributed by atoms with E-state index in [2.05, 4.69) is 16.0 Å². The SMILES string of the molecule is Cc1nc2ncccc2cc1-c1cccc(C=C2SC(=S)N(CCc3ccc(C(=O)O)cc3)C2=O)c1. The van der Waals surface area contributed by atoms with Gasteiger partial charge in [-0.25, -0.2) is 14.8 Å². The molecular weight excluding hydrogens is 490 g/mol. The normalized spacial score (nSPS) is 14.7. The minimum Gasteiger partial charge on any atom is -0.478 e. The van der Waals surface area contributed by atoms with Crippen LogP contribution < -0.4 is 0 Å². The third-order valence-corrected chi connectivity index (χ3v) is 7.35. The molecule has 0 bridgehead atoms. The first-order valence-corrected chi connectivity index (χ1v) is 12.5. The number of aromatic nitrogens is 2. The van der Waals surface area contributed by atoms with Crippen molar-refractivity contribution >= 4 is 57.3 Å². The smallest absolute Gasteiger partial charge is 0.335 e. The number of thioether (sulfide) groups is 1. The van der Waals surface area contributed by atoms with Crippen LogP contribution in [0.5, 0.6) is 0 Å². The summed E-state index contributed by atoms with van der Waals surface area (Å²) in [5.74, 6) is -1.08. The molecule has 0 radical (unpaired) electrons. The summed E-state index contributed by atoms with van der Waals surface area (Å²) in [5.41, 5.74) is 5.73. The van der Waals surface area contributed by atoms with E-state index in [4.69, 9.17) is 17.3 Å². The van der Waals surface area contributed by atoms with Crippen molar-refractivity contribution in [2.75, 3.05) is 6.54 Å². The Balaban J connectivity index is 1.34. The maximum absolute atomic E-state index is 13.1. The molecule has 1 aliphatic heterocycles. The summed E-state index contributed by atoms with van der Waals surface area (Å²) in [7, 11) is 0. The highest BCUT2D eigenvalue weighted by atomic mass is 32.2. The summed E-state index contributed by atoms with van der Waals surface area (Å²) in [6, 6.07) is 20.7. The zero-order valence-corrected chi connectivity index (χ0v) is 21.0. The largest absolute Gasteiger partial charge is 0.478 e. The van der Waals surface area contributed by atoms with Crippen molar-refractivity contribution in [1.82, 2.24) is 14.9 Å². The highest BCUT2D eigenvalue weighted by Gasteiger charge is 2.31. The van der Waals surface area contributed by atoms with Crippen molar-refractivity contribution in [2.45, 2.75) is 13.3 Å². The van der Waals surface area contributed by atoms with Crippen LogP contribution in [-0.2, 0) is 11.2 Å². The average Bonchev–Trinajstić information content (AvgIpc) is 3.14. The average molecular weight is 512 g/mol. The molecule has 0 unspecified atom stereocenters. The quantitative estimate of drug-likeness (QED) is 0.261. The third kappa shape index (κ3) is 4.91. The van der Waals surface area contributed by atoms with Gasteiger partial charge in [0, 0.05) is 29.4 Å². The molecule has 6 nitrogen and oxygen atoms in total. The summed E-state index contributed by atoms with van der Waals surface area (Å²) >= 11 is 6.78. The maximum atomic E-state index is 13.1. The molecule has 1 aliphatic rings. The predicted octanol–water partition coefficient (Wildman–Crippen LogP) is 5.75. The molecule has 1 N–H and O–H groups in total. The number of amides is 1. The van der Waals surface area contributed by atoms with Crippen LogP contribution in [-0.4, -0.2) is 42.7 Å². The van der Waals surface area contributed by atoms with Gasteiger partial charge in [-0.05, 0) is 72.5 Å². The van der Waals surface area contributed by atoms with E-state index in [1.165, 1.54) is 11.8 Å². The Bertz CT molecular complexity index is 1550. The molecule has 1 amide bonds. The van der Waals surface area contributed by atoms with E-state index in [-0.39, 0.29) is 11.5 Å². The lowest BCUT2D eigenvalue weighted by Crippen LogP contribution is -2.30. The van der Waals surface area contributed by atoms with Gasteiger partial charge in [-0.1, -0.05) is 54.3 Å². The molecule has 8 heteroatoms. The van der Waals surface area contributed by atoms with Crippen LogP contribution in [0.15, 0.2) is 77.8 Å². The fourth-order valence-corrected chi connectivity index (χ4v) is 5.39. The predicted molar refractivity (Wildman–Crippen MR) is 147 cm³/mol. The van der Waals surface area contributed by atoms with Gasteiger partial charge >= 0.3 is 5.97 Å². The number of carboxylic acids is 1. The Morgan fingerprint density at radius 2 is 1.92 bits per heavy atom. The van der Waals surface area contributed by atoms with Gasteiger partial charge in [-0.3, -0.25) is 9.69 Å². The molecule has 178 valence electrons. The summed E-state index contributed by atoms with van der Waals surface area (Å²) in [5, 5.41) is 10.0. The van der Waals surface area contributed by atoms with E-state index in [9.17, 15) is 9.59 Å². The van der Waals surface area contributed by atoms with Gasteiger partial charge < -0.3 is 5.11 Å². The van der Waals surface area contributed by atoms with Crippen LogP contribution in [0.25, 0.3) is 28.2 Å². The molecule has 1 saturated heterocycles. The number of pyridine rings is 2. The number of aryl methyl sites for hydroxylation is 1. The molecule has 2 aromatic carbocycles. The van der Waals surface area contributed by atoms with Crippen LogP contribution >= 0.6 is 24.0 Å². The van der Waals surface area contributed by atoms with Crippen molar-refractivity contribution in [3.8, 4) is 11.1 Å². The topological polar surface area (TPSA) is 83.4 Å². The van der Waals surface area contributed by atoms with E-state index in [1.807, 2.05) is 49.4 Å². The van der Waals surface area contributed by atoms with Gasteiger partial charge in [0.15, 0.2) is 5.65 Å². The highest BCUT2D eigenvalue weighted by molar-refractivity contribution is 8.26. The molecule has 0 aliphatic carbocycles. The van der Waals surface area contributed by atoms with E-state index in [1.54, 1.807) is 35.4 Å². The number of carbonyl (C=O) groups is 2. The van der Waals surface area contributed by atoms with Gasteiger partial charge in [0.25, 0.3) is 5.91 Å². The van der Waals surface area contributed by atoms with Crippen molar-refractivity contribution in [3.05, 3.63) is 100 Å². The van der Waals surface area contributed by atoms with E-state index >= 15 is 0 Å². The number of benzene rings is 2. The minimum atomic E-state index is -0.961. The monoisotopic (exact) mass is 511 g/mol. The molecule has 0 atom stereocenters. The van der Waals surface area contributed by atoms with Gasteiger partial charge in [-0.15, -0.1) is 0 Å². The van der Waals surface area contributed by atoms with Crippen molar-refractivity contribution in [1.29, 1.82) is 0 Å². The molecule has 0 saturated carbocycles. The molecule has 3 heterocycles. The standard InChI is InChI=1S/C28H21N3O3S2/c1-17-23(16-22-6-3-12-29-25(22)30-17)21-5-2-4-19(14-21)15-24-26(32)31(28(35)36-24)13-11-18-7-9-20(10-8-18)27(33)34/h2-10,12,14-16H,11,13H2,1H3,(H,33,34). The Kier molecular flexibility index (Phi) is 6.63. The fourth-order valence-electron chi connectivity index (χ4n) is 4.08. The zero-order valence-electron chi connectivity index (χ0n) is 19.3. The van der Waals surface area contributed by atoms with Crippen LogP contribution in [0, 0.1) is 6.92 Å². The number of hydrogen-bond donors (Lipinski definition) is 1. The van der Waals surface area contributed by atoms with Crippen LogP contribution in [0.4, 0.5) is 0 Å². The third-order valence-electron chi connectivity index (χ3n) is 5.97. The van der Waals surface area contributed by atoms with Gasteiger partial charge in [0.1, 0.15) is 4.32 Å². The molecule has 36 heavy (non-hydrogen) atoms. The number of nitrogens with zero attached hydrogens (tertiary/aromatic N) is 3. The van der Waals surface area contributed by atoms with E-state index in [0.717, 1.165) is 39.0 Å². The van der Waals surface area contributed by atoms with Crippen LogP contribution in [0.1, 0.15) is 27.2 Å². The summed E-state index contributed by atoms with van der Waals surface area (Å²) in [4.78, 5) is 35.3. The molecule has 0 spiro atoms. The zero-order chi connectivity index (χ0) is 25.2. The first-order valence-electron chi connectivity index (χ1n) is 11.3. The lowest BCUT2D eigenvalue weighted by atomic mass is 10.0. The number of rotatable bonds is 6. The second-order valence-corrected chi connectivity index (χ2v) is 10.1. The maximum Gasteiger partial charge on any atom is 0.335 e. The lowest BCUT2D eigenvalue weighted by Gasteiger charge is -2.14. The Morgan fingerprint density at radius 1 is 1.11 bits per heavy atom. The van der Waals surface area contributed by atoms with E-state index in [0.29, 0.717) is 22.2 Å². The van der Waals surface area contributed by atoms with Crippen molar-refractivity contribution in [3.63, 3.8) is 0 Å². The highest BCUT2D eigenvalue weighted by Crippen LogP contribution is 2.34. The van der Waals surface area contributed by atoms with Gasteiger partial charge in [0.05, 0.1) is 10.5 Å². The molecule has 5 rings (SSSR count). The van der Waals surface area contributed by atoms with Gasteiger partial charge in [-0.2, -0.15) is 0 Å². The molecule has 1 fully saturated rings. The van der Waals surface area contributed by atoms with Crippen molar-refractivity contribution in [2.24, 2.45) is 0 Å². The lowest BCUT2D eigenvalue weighted by molar-refractivity contribution is -0.122. The first kappa shape index (κ1) is 23.8. The molecule has 4 aromatic rings. The Labute approximate surface area is 217 Å². The summed E-state index contributed by atoms with van der Waals surface area (Å²) < 4.78 is 0.520. The summed E-state index contributed by atoms with van der Waals surface area (Å²) in [6.45, 7) is 2.40. The Hall–Kier alpha value is -3.88. The second-order valence-electron chi connectivity index (χ2n) is 8.38. The number of carboxylic acid groups (broad SMARTS) is 1. The summed E-state index contributed by atoms with van der Waals surface area (Å²) in [6.07, 6.45) is 4.19. The fraction of sp³-hybridized carbons (Fsp3) is 0.107. The Morgan fingerprint density at radius 3 is 2.69 bits per heavy atom. The van der Waals surface area contributed by atoms with Crippen molar-refractivity contribution < 1.29 is 14.7 Å². The van der Waals surface area contributed by atoms with E-state index < -0.39 is 5.97 Å². The number of carbonyl (C=O) groups excluding carboxylic acids is 1. The minimum absolute atomic E-state index is 0.118. The number of thiocarbonyl (C=S) groups is 1. The molecular formula is C28H21N3O3S2. The number of aromatic carboxylic acids is 1. The number of hydrogen-bond acceptors (Lipinski definition) is 6. The van der Waals surface area contributed by atoms with Crippen LogP contribution in [0.2, 0.25) is 0 Å². The molecule has 2 aromatic heterocycles. The number of fused-ring (bicyclic) bond motifs is 1. The van der Waals surface area contributed by atoms with Gasteiger partial charge in [0.2, 0.25) is 0 Å². The first-order chi connectivity index (χ1) is 17.4. The van der Waals surface area contributed by atoms with Crippen LogP contribution in [0.3, 0.4) is 0 Å².